The van der Waals surface area contributed by atoms with Gasteiger partial charge in [0.05, 0.1) is 6.54 Å². The molecule has 0 aromatic heterocycles. The van der Waals surface area contributed by atoms with Crippen molar-refractivity contribution in [1.29, 1.82) is 0 Å². The number of rotatable bonds is 5. The van der Waals surface area contributed by atoms with Crippen molar-refractivity contribution in [3.05, 3.63) is 60.4 Å². The molecule has 1 unspecified atom stereocenters. The minimum atomic E-state index is -0.252. The predicted octanol–water partition coefficient (Wildman–Crippen LogP) is 3.71. The quantitative estimate of drug-likeness (QED) is 0.867. The van der Waals surface area contributed by atoms with Crippen molar-refractivity contribution in [2.24, 2.45) is 0 Å². The Balaban J connectivity index is 1.82. The Morgan fingerprint density at radius 2 is 1.72 bits per heavy atom. The molecule has 2 aromatic carbocycles. The van der Waals surface area contributed by atoms with Gasteiger partial charge in [0.1, 0.15) is 17.7 Å². The van der Waals surface area contributed by atoms with E-state index in [1.807, 2.05) is 37.3 Å². The van der Waals surface area contributed by atoms with Crippen LogP contribution in [0.1, 0.15) is 6.92 Å². The highest BCUT2D eigenvalue weighted by molar-refractivity contribution is 5.42. The van der Waals surface area contributed by atoms with Gasteiger partial charge in [0.15, 0.2) is 0 Å². The van der Waals surface area contributed by atoms with E-state index in [-0.39, 0.29) is 11.9 Å². The zero-order valence-corrected chi connectivity index (χ0v) is 10.3. The van der Waals surface area contributed by atoms with Crippen LogP contribution < -0.4 is 10.1 Å². The molecular weight excluding hydrogens is 229 g/mol. The van der Waals surface area contributed by atoms with Gasteiger partial charge in [-0.3, -0.25) is 0 Å². The van der Waals surface area contributed by atoms with Crippen LogP contribution in [0.2, 0.25) is 0 Å². The van der Waals surface area contributed by atoms with Gasteiger partial charge in [-0.05, 0) is 43.3 Å². The monoisotopic (exact) mass is 245 g/mol. The maximum absolute atomic E-state index is 12.7. The number of nitrogens with one attached hydrogen (secondary N) is 1. The summed E-state index contributed by atoms with van der Waals surface area (Å²) in [5, 5.41) is 3.28. The topological polar surface area (TPSA) is 21.3 Å². The second-order valence-corrected chi connectivity index (χ2v) is 4.13. The summed E-state index contributed by atoms with van der Waals surface area (Å²) in [6, 6.07) is 16.0. The average molecular weight is 245 g/mol. The Hall–Kier alpha value is -2.03. The molecule has 0 radical (unpaired) electrons. The summed E-state index contributed by atoms with van der Waals surface area (Å²) in [5.74, 6) is 0.427. The Kier molecular flexibility index (Phi) is 4.18. The Morgan fingerprint density at radius 3 is 2.39 bits per heavy atom. The standard InChI is InChI=1S/C15H16FNO/c1-12(11-17-14-5-3-2-4-6-14)18-15-9-7-13(16)8-10-15/h2-10,12,17H,11H2,1H3. The van der Waals surface area contributed by atoms with Crippen LogP contribution in [0.15, 0.2) is 54.6 Å². The first-order valence-electron chi connectivity index (χ1n) is 5.95. The molecule has 0 aliphatic carbocycles. The highest BCUT2D eigenvalue weighted by atomic mass is 19.1. The summed E-state index contributed by atoms with van der Waals surface area (Å²) in [6.07, 6.45) is 0.00988. The molecule has 2 aromatic rings. The number of anilines is 1. The summed E-state index contributed by atoms with van der Waals surface area (Å²) in [4.78, 5) is 0. The van der Waals surface area contributed by atoms with Gasteiger partial charge in [0, 0.05) is 5.69 Å². The van der Waals surface area contributed by atoms with E-state index < -0.39 is 0 Å². The van der Waals surface area contributed by atoms with Crippen LogP contribution in [0.4, 0.5) is 10.1 Å². The molecule has 94 valence electrons. The zero-order chi connectivity index (χ0) is 12.8. The highest BCUT2D eigenvalue weighted by Gasteiger charge is 2.03. The van der Waals surface area contributed by atoms with Gasteiger partial charge >= 0.3 is 0 Å². The third-order valence-electron chi connectivity index (χ3n) is 2.52. The first kappa shape index (κ1) is 12.4. The van der Waals surface area contributed by atoms with E-state index in [1.54, 1.807) is 12.1 Å². The number of benzene rings is 2. The molecule has 0 saturated carbocycles. The number of halogens is 1. The molecule has 0 heterocycles. The molecular formula is C15H16FNO. The normalized spacial score (nSPS) is 11.9. The molecule has 0 saturated heterocycles. The van der Waals surface area contributed by atoms with Crippen LogP contribution in [0.5, 0.6) is 5.75 Å². The van der Waals surface area contributed by atoms with Gasteiger partial charge in [0.2, 0.25) is 0 Å². The van der Waals surface area contributed by atoms with Crippen LogP contribution >= 0.6 is 0 Å². The van der Waals surface area contributed by atoms with E-state index in [0.717, 1.165) is 5.69 Å². The Bertz CT molecular complexity index is 470. The molecule has 0 aliphatic rings. The van der Waals surface area contributed by atoms with Crippen molar-refractivity contribution in [1.82, 2.24) is 0 Å². The molecule has 3 heteroatoms. The minimum absolute atomic E-state index is 0.00988. The van der Waals surface area contributed by atoms with E-state index >= 15 is 0 Å². The molecule has 1 N–H and O–H groups in total. The summed E-state index contributed by atoms with van der Waals surface area (Å²) >= 11 is 0. The lowest BCUT2D eigenvalue weighted by atomic mass is 10.3. The maximum Gasteiger partial charge on any atom is 0.123 e. The van der Waals surface area contributed by atoms with E-state index in [9.17, 15) is 4.39 Å². The van der Waals surface area contributed by atoms with Gasteiger partial charge in [0.25, 0.3) is 0 Å². The van der Waals surface area contributed by atoms with Gasteiger partial charge in [-0.25, -0.2) is 4.39 Å². The molecule has 0 fully saturated rings. The SMILES string of the molecule is CC(CNc1ccccc1)Oc1ccc(F)cc1. The summed E-state index contributed by atoms with van der Waals surface area (Å²) in [6.45, 7) is 2.67. The molecule has 0 amide bonds. The van der Waals surface area contributed by atoms with Gasteiger partial charge in [-0.1, -0.05) is 18.2 Å². The lowest BCUT2D eigenvalue weighted by Crippen LogP contribution is -2.22. The fourth-order valence-corrected chi connectivity index (χ4v) is 1.60. The van der Waals surface area contributed by atoms with Gasteiger partial charge in [-0.2, -0.15) is 0 Å². The van der Waals surface area contributed by atoms with Crippen molar-refractivity contribution in [3.8, 4) is 5.75 Å². The summed E-state index contributed by atoms with van der Waals surface area (Å²) in [5.41, 5.74) is 1.06. The van der Waals surface area contributed by atoms with E-state index in [2.05, 4.69) is 5.32 Å². The van der Waals surface area contributed by atoms with Crippen molar-refractivity contribution < 1.29 is 9.13 Å². The smallest absolute Gasteiger partial charge is 0.123 e. The van der Waals surface area contributed by atoms with Crippen molar-refractivity contribution >= 4 is 5.69 Å². The maximum atomic E-state index is 12.7. The Morgan fingerprint density at radius 1 is 1.06 bits per heavy atom. The van der Waals surface area contributed by atoms with Gasteiger partial charge < -0.3 is 10.1 Å². The predicted molar refractivity (Wildman–Crippen MR) is 71.4 cm³/mol. The van der Waals surface area contributed by atoms with Crippen LogP contribution in [0, 0.1) is 5.82 Å². The molecule has 2 rings (SSSR count). The molecule has 0 aliphatic heterocycles. The fourth-order valence-electron chi connectivity index (χ4n) is 1.60. The van der Waals surface area contributed by atoms with Crippen LogP contribution in [0.3, 0.4) is 0 Å². The highest BCUT2D eigenvalue weighted by Crippen LogP contribution is 2.13. The molecule has 2 nitrogen and oxygen atoms in total. The van der Waals surface area contributed by atoms with Gasteiger partial charge in [-0.15, -0.1) is 0 Å². The van der Waals surface area contributed by atoms with Crippen molar-refractivity contribution in [2.75, 3.05) is 11.9 Å². The first-order chi connectivity index (χ1) is 8.74. The molecule has 1 atom stereocenters. The third-order valence-corrected chi connectivity index (χ3v) is 2.52. The largest absolute Gasteiger partial charge is 0.489 e. The molecule has 18 heavy (non-hydrogen) atoms. The number of ether oxygens (including phenoxy) is 1. The second kappa shape index (κ2) is 6.05. The lowest BCUT2D eigenvalue weighted by molar-refractivity contribution is 0.234. The second-order valence-electron chi connectivity index (χ2n) is 4.13. The van der Waals surface area contributed by atoms with Crippen molar-refractivity contribution in [3.63, 3.8) is 0 Å². The number of hydrogen-bond acceptors (Lipinski definition) is 2. The van der Waals surface area contributed by atoms with Crippen LogP contribution in [0.25, 0.3) is 0 Å². The van der Waals surface area contributed by atoms with E-state index in [4.69, 9.17) is 4.74 Å². The Labute approximate surface area is 106 Å². The fraction of sp³-hybridized carbons (Fsp3) is 0.200. The number of para-hydroxylation sites is 1. The first-order valence-corrected chi connectivity index (χ1v) is 5.95. The zero-order valence-electron chi connectivity index (χ0n) is 10.3. The average Bonchev–Trinajstić information content (AvgIpc) is 2.40. The van der Waals surface area contributed by atoms with Crippen LogP contribution in [-0.2, 0) is 0 Å². The molecule has 0 spiro atoms. The summed E-state index contributed by atoms with van der Waals surface area (Å²) < 4.78 is 18.4. The van der Waals surface area contributed by atoms with E-state index in [0.29, 0.717) is 12.3 Å². The van der Waals surface area contributed by atoms with Crippen molar-refractivity contribution in [2.45, 2.75) is 13.0 Å². The van der Waals surface area contributed by atoms with E-state index in [1.165, 1.54) is 12.1 Å². The summed E-state index contributed by atoms with van der Waals surface area (Å²) in [7, 11) is 0. The lowest BCUT2D eigenvalue weighted by Gasteiger charge is -2.16. The third kappa shape index (κ3) is 3.77. The van der Waals surface area contributed by atoms with Crippen LogP contribution in [-0.4, -0.2) is 12.6 Å². The minimum Gasteiger partial charge on any atom is -0.489 e. The molecule has 0 bridgehead atoms. The number of hydrogen-bond donors (Lipinski definition) is 1.